The highest BCUT2D eigenvalue weighted by Gasteiger charge is 2.13. The Morgan fingerprint density at radius 1 is 1.45 bits per heavy atom. The number of rotatable bonds is 5. The maximum absolute atomic E-state index is 9.29. The van der Waals surface area contributed by atoms with Crippen LogP contribution in [0.25, 0.3) is 16.8 Å². The highest BCUT2D eigenvalue weighted by molar-refractivity contribution is 5.77. The van der Waals surface area contributed by atoms with Gasteiger partial charge in [0.25, 0.3) is 0 Å². The number of nitrogens with zero attached hydrogens (tertiary/aromatic N) is 4. The molecule has 0 radical (unpaired) electrons. The molecule has 0 fully saturated rings. The van der Waals surface area contributed by atoms with Gasteiger partial charge >= 0.3 is 0 Å². The van der Waals surface area contributed by atoms with Crippen molar-refractivity contribution in [1.82, 2.24) is 24.8 Å². The van der Waals surface area contributed by atoms with Crippen LogP contribution in [0.15, 0.2) is 30.9 Å². The van der Waals surface area contributed by atoms with Gasteiger partial charge in [0.05, 0.1) is 25.0 Å². The minimum absolute atomic E-state index is 0.00201. The van der Waals surface area contributed by atoms with E-state index < -0.39 is 0 Å². The molecule has 0 saturated heterocycles. The lowest BCUT2D eigenvalue weighted by Gasteiger charge is -2.15. The van der Waals surface area contributed by atoms with E-state index in [1.165, 1.54) is 0 Å². The van der Waals surface area contributed by atoms with E-state index in [0.29, 0.717) is 0 Å². The number of aromatic amines is 1. The normalized spacial score (nSPS) is 12.7. The van der Waals surface area contributed by atoms with Gasteiger partial charge in [0.2, 0.25) is 0 Å². The molecule has 7 heteroatoms. The largest absolute Gasteiger partial charge is 0.394 e. The Balaban J connectivity index is 2.04. The summed E-state index contributed by atoms with van der Waals surface area (Å²) in [5.74, 6) is 0.811. The van der Waals surface area contributed by atoms with Crippen LogP contribution in [-0.4, -0.2) is 42.6 Å². The molecule has 3 aromatic rings. The lowest BCUT2D eigenvalue weighted by Crippen LogP contribution is -2.24. The molecule has 3 N–H and O–H groups in total. The smallest absolute Gasteiger partial charge is 0.165 e. The number of aliphatic hydroxyl groups excluding tert-OH is 1. The Morgan fingerprint density at radius 2 is 2.35 bits per heavy atom. The van der Waals surface area contributed by atoms with Gasteiger partial charge < -0.3 is 10.4 Å². The number of hydrogen-bond acceptors (Lipinski definition) is 5. The van der Waals surface area contributed by atoms with Crippen molar-refractivity contribution in [3.63, 3.8) is 0 Å². The number of fused-ring (bicyclic) bond motifs is 1. The van der Waals surface area contributed by atoms with E-state index in [4.69, 9.17) is 0 Å². The zero-order chi connectivity index (χ0) is 13.9. The summed E-state index contributed by atoms with van der Waals surface area (Å²) in [7, 11) is 0. The van der Waals surface area contributed by atoms with Crippen molar-refractivity contribution in [3.8, 4) is 11.1 Å². The lowest BCUT2D eigenvalue weighted by atomic mass is 10.2. The SMILES string of the molecule is CCC(CO)Nc1ccnc2c(-c3cn[nH]c3)cnn12. The minimum Gasteiger partial charge on any atom is -0.394 e. The fraction of sp³-hybridized carbons (Fsp3) is 0.308. The van der Waals surface area contributed by atoms with Crippen LogP contribution in [0, 0.1) is 0 Å². The van der Waals surface area contributed by atoms with E-state index in [2.05, 4.69) is 25.6 Å². The molecule has 20 heavy (non-hydrogen) atoms. The molecule has 3 rings (SSSR count). The summed E-state index contributed by atoms with van der Waals surface area (Å²) < 4.78 is 1.74. The third-order valence-electron chi connectivity index (χ3n) is 3.28. The maximum atomic E-state index is 9.29. The van der Waals surface area contributed by atoms with Crippen molar-refractivity contribution < 1.29 is 5.11 Å². The van der Waals surface area contributed by atoms with Crippen LogP contribution in [0.3, 0.4) is 0 Å². The molecule has 1 atom stereocenters. The minimum atomic E-state index is 0.00201. The van der Waals surface area contributed by atoms with Gasteiger partial charge in [-0.2, -0.15) is 14.7 Å². The quantitative estimate of drug-likeness (QED) is 0.651. The lowest BCUT2D eigenvalue weighted by molar-refractivity contribution is 0.271. The molecule has 1 unspecified atom stereocenters. The van der Waals surface area contributed by atoms with Crippen molar-refractivity contribution in [3.05, 3.63) is 30.9 Å². The Bertz CT molecular complexity index is 686. The summed E-state index contributed by atoms with van der Waals surface area (Å²) in [5, 5.41) is 23.7. The van der Waals surface area contributed by atoms with Gasteiger partial charge in [0, 0.05) is 23.5 Å². The van der Waals surface area contributed by atoms with E-state index in [1.54, 1.807) is 29.3 Å². The first kappa shape index (κ1) is 12.6. The second-order valence-electron chi connectivity index (χ2n) is 4.54. The summed E-state index contributed by atoms with van der Waals surface area (Å²) in [4.78, 5) is 4.37. The van der Waals surface area contributed by atoms with Crippen molar-refractivity contribution >= 4 is 11.5 Å². The zero-order valence-electron chi connectivity index (χ0n) is 11.1. The van der Waals surface area contributed by atoms with E-state index in [9.17, 15) is 5.11 Å². The standard InChI is InChI=1S/C13H16N6O/c1-2-10(8-20)18-12-3-4-14-13-11(7-17-19(12)13)9-5-15-16-6-9/h3-7,10,18,20H,2,8H2,1H3,(H,15,16). The molecular formula is C13H16N6O. The first-order valence-electron chi connectivity index (χ1n) is 6.52. The van der Waals surface area contributed by atoms with Gasteiger partial charge in [0.15, 0.2) is 5.65 Å². The predicted octanol–water partition coefficient (Wildman–Crippen LogP) is 1.30. The number of aliphatic hydroxyl groups is 1. The molecule has 3 aromatic heterocycles. The molecule has 104 valence electrons. The van der Waals surface area contributed by atoms with Crippen molar-refractivity contribution in [2.24, 2.45) is 0 Å². The molecule has 3 heterocycles. The molecular weight excluding hydrogens is 256 g/mol. The highest BCUT2D eigenvalue weighted by atomic mass is 16.3. The highest BCUT2D eigenvalue weighted by Crippen LogP contribution is 2.23. The van der Waals surface area contributed by atoms with E-state index in [1.807, 2.05) is 13.0 Å². The average molecular weight is 272 g/mol. The summed E-state index contributed by atoms with van der Waals surface area (Å²) in [5.41, 5.74) is 2.61. The number of H-pyrrole nitrogens is 1. The second kappa shape index (κ2) is 5.30. The molecule has 0 aliphatic heterocycles. The number of anilines is 1. The molecule has 0 bridgehead atoms. The molecule has 0 spiro atoms. The van der Waals surface area contributed by atoms with Crippen molar-refractivity contribution in [2.45, 2.75) is 19.4 Å². The number of hydrogen-bond donors (Lipinski definition) is 3. The summed E-state index contributed by atoms with van der Waals surface area (Å²) in [6.07, 6.45) is 7.87. The Hall–Kier alpha value is -2.41. The van der Waals surface area contributed by atoms with Crippen LogP contribution in [0.1, 0.15) is 13.3 Å². The molecule has 0 amide bonds. The van der Waals surface area contributed by atoms with Crippen LogP contribution in [-0.2, 0) is 0 Å². The average Bonchev–Trinajstić information content (AvgIpc) is 3.13. The third-order valence-corrected chi connectivity index (χ3v) is 3.28. The predicted molar refractivity (Wildman–Crippen MR) is 75.4 cm³/mol. The van der Waals surface area contributed by atoms with Crippen LogP contribution in [0.5, 0.6) is 0 Å². The van der Waals surface area contributed by atoms with E-state index in [-0.39, 0.29) is 12.6 Å². The Morgan fingerprint density at radius 3 is 3.05 bits per heavy atom. The molecule has 0 aliphatic carbocycles. The summed E-state index contributed by atoms with van der Waals surface area (Å²) >= 11 is 0. The van der Waals surface area contributed by atoms with Crippen molar-refractivity contribution in [1.29, 1.82) is 0 Å². The Labute approximate surface area is 115 Å². The fourth-order valence-corrected chi connectivity index (χ4v) is 2.09. The first-order valence-corrected chi connectivity index (χ1v) is 6.52. The second-order valence-corrected chi connectivity index (χ2v) is 4.54. The molecule has 0 aliphatic rings. The van der Waals surface area contributed by atoms with Gasteiger partial charge in [-0.1, -0.05) is 6.92 Å². The van der Waals surface area contributed by atoms with Crippen LogP contribution in [0.2, 0.25) is 0 Å². The number of nitrogens with one attached hydrogen (secondary N) is 2. The van der Waals surface area contributed by atoms with E-state index >= 15 is 0 Å². The summed E-state index contributed by atoms with van der Waals surface area (Å²) in [6, 6.07) is 1.85. The van der Waals surface area contributed by atoms with Gasteiger partial charge in [-0.05, 0) is 12.5 Å². The molecule has 7 nitrogen and oxygen atoms in total. The van der Waals surface area contributed by atoms with Gasteiger partial charge in [0.1, 0.15) is 5.82 Å². The fourth-order valence-electron chi connectivity index (χ4n) is 2.09. The molecule has 0 saturated carbocycles. The van der Waals surface area contributed by atoms with E-state index in [0.717, 1.165) is 29.0 Å². The monoisotopic (exact) mass is 272 g/mol. The Kier molecular flexibility index (Phi) is 3.34. The van der Waals surface area contributed by atoms with Crippen LogP contribution in [0.4, 0.5) is 5.82 Å². The first-order chi connectivity index (χ1) is 9.83. The zero-order valence-corrected chi connectivity index (χ0v) is 11.1. The maximum Gasteiger partial charge on any atom is 0.165 e. The number of aromatic nitrogens is 5. The van der Waals surface area contributed by atoms with Crippen molar-refractivity contribution in [2.75, 3.05) is 11.9 Å². The topological polar surface area (TPSA) is 91.1 Å². The van der Waals surface area contributed by atoms with Gasteiger partial charge in [-0.25, -0.2) is 4.98 Å². The van der Waals surface area contributed by atoms with Crippen LogP contribution >= 0.6 is 0 Å². The summed E-state index contributed by atoms with van der Waals surface area (Å²) in [6.45, 7) is 2.10. The van der Waals surface area contributed by atoms with Gasteiger partial charge in [-0.15, -0.1) is 0 Å². The van der Waals surface area contributed by atoms with Gasteiger partial charge in [-0.3, -0.25) is 5.10 Å². The third kappa shape index (κ3) is 2.12. The molecule has 0 aromatic carbocycles. The van der Waals surface area contributed by atoms with Crippen LogP contribution < -0.4 is 5.32 Å².